The van der Waals surface area contributed by atoms with Gasteiger partial charge in [-0.15, -0.1) is 6.58 Å². The van der Waals surface area contributed by atoms with Crippen LogP contribution in [-0.4, -0.2) is 32.7 Å². The lowest BCUT2D eigenvalue weighted by molar-refractivity contribution is -0.172. The second-order valence-corrected chi connectivity index (χ2v) is 14.3. The summed E-state index contributed by atoms with van der Waals surface area (Å²) in [4.78, 5) is 44.3. The van der Waals surface area contributed by atoms with Crippen molar-refractivity contribution in [3.8, 4) is 11.5 Å². The lowest BCUT2D eigenvalue weighted by Gasteiger charge is -2.60. The van der Waals surface area contributed by atoms with E-state index >= 15 is 4.79 Å². The Bertz CT molecular complexity index is 1480. The third kappa shape index (κ3) is 6.00. The molecule has 6 heteroatoms. The van der Waals surface area contributed by atoms with Crippen molar-refractivity contribution < 1.29 is 29.7 Å². The summed E-state index contributed by atoms with van der Waals surface area (Å²) in [5.74, 6) is -3.57. The summed E-state index contributed by atoms with van der Waals surface area (Å²) in [5.41, 5.74) is -0.564. The van der Waals surface area contributed by atoms with Gasteiger partial charge >= 0.3 is 0 Å². The number of ketones is 3. The Hall–Kier alpha value is -3.67. The summed E-state index contributed by atoms with van der Waals surface area (Å²) >= 11 is 0. The van der Waals surface area contributed by atoms with Gasteiger partial charge < -0.3 is 15.3 Å². The normalized spacial score (nSPS) is 24.9. The van der Waals surface area contributed by atoms with Gasteiger partial charge in [-0.1, -0.05) is 54.9 Å². The fourth-order valence-electron chi connectivity index (χ4n) is 7.20. The zero-order chi connectivity index (χ0) is 33.4. The third-order valence-electron chi connectivity index (χ3n) is 10.1. The van der Waals surface area contributed by atoms with Gasteiger partial charge in [0.05, 0.1) is 5.41 Å². The molecule has 3 N–H and O–H groups in total. The minimum absolute atomic E-state index is 0.0623. The Balaban J connectivity index is 2.44. The molecule has 2 aliphatic carbocycles. The molecule has 238 valence electrons. The van der Waals surface area contributed by atoms with E-state index in [9.17, 15) is 24.9 Å². The molecule has 1 fully saturated rings. The number of fused-ring (bicyclic) bond motifs is 2. The van der Waals surface area contributed by atoms with Gasteiger partial charge in [-0.3, -0.25) is 14.4 Å². The molecule has 1 saturated carbocycles. The molecular weight excluding hydrogens is 552 g/mol. The quantitative estimate of drug-likeness (QED) is 0.0724. The molecular formula is C38H50O6. The van der Waals surface area contributed by atoms with Crippen LogP contribution in [0, 0.1) is 28.1 Å². The number of phenols is 2. The predicted molar refractivity (Wildman–Crippen MR) is 176 cm³/mol. The van der Waals surface area contributed by atoms with Crippen LogP contribution in [0.3, 0.4) is 0 Å². The molecule has 0 aliphatic heterocycles. The number of rotatable bonds is 12. The second kappa shape index (κ2) is 12.7. The van der Waals surface area contributed by atoms with E-state index in [1.807, 2.05) is 61.5 Å². The van der Waals surface area contributed by atoms with Gasteiger partial charge in [-0.25, -0.2) is 0 Å². The minimum Gasteiger partial charge on any atom is -0.510 e. The smallest absolute Gasteiger partial charge is 0.200 e. The lowest BCUT2D eigenvalue weighted by Crippen LogP contribution is -2.67. The van der Waals surface area contributed by atoms with Crippen LogP contribution in [0.25, 0.3) is 0 Å². The monoisotopic (exact) mass is 602 g/mol. The standard InChI is InChI=1S/C38H50O6/c1-22(2)11-13-27(25(7)8)20-37-21-28(15-12-23(3)4)36(9,10)38(35(37)44,18-17-24(5)6)34(43)31(33(37)42)32(41)26-14-16-29(39)30(40)19-26/h12,14,16-17,19,27-28,39-40,42H,1,7,11,13,15,18,20-21H2,2-6,8-10H3. The van der Waals surface area contributed by atoms with E-state index in [2.05, 4.69) is 19.2 Å². The van der Waals surface area contributed by atoms with Crippen LogP contribution >= 0.6 is 0 Å². The maximum Gasteiger partial charge on any atom is 0.200 e. The van der Waals surface area contributed by atoms with Crippen LogP contribution in [0.15, 0.2) is 77.1 Å². The zero-order valence-electron chi connectivity index (χ0n) is 27.8. The van der Waals surface area contributed by atoms with Gasteiger partial charge in [0.15, 0.2) is 28.8 Å². The number of carbonyl (C=O) groups is 3. The van der Waals surface area contributed by atoms with Crippen molar-refractivity contribution in [3.05, 3.63) is 82.7 Å². The van der Waals surface area contributed by atoms with E-state index in [0.29, 0.717) is 19.3 Å². The molecule has 0 saturated heterocycles. The van der Waals surface area contributed by atoms with Crippen molar-refractivity contribution in [1.29, 1.82) is 0 Å². The summed E-state index contributed by atoms with van der Waals surface area (Å²) in [6.07, 6.45) is 6.57. The average molecular weight is 603 g/mol. The SMILES string of the molecule is C=C(C)CCC(CC12CC(CC=C(C)C)C(C)(C)C(CC=C(C)C)(C(=O)C(C(=O)c3ccc(O)c(O)c3)=C1O)C2=O)C(=C)C. The lowest BCUT2D eigenvalue weighted by atomic mass is 9.39. The van der Waals surface area contributed by atoms with Gasteiger partial charge in [0, 0.05) is 5.56 Å². The van der Waals surface area contributed by atoms with E-state index in [1.54, 1.807) is 0 Å². The number of aliphatic hydroxyl groups excluding tert-OH is 1. The maximum absolute atomic E-state index is 15.2. The van der Waals surface area contributed by atoms with Crippen LogP contribution in [0.1, 0.15) is 104 Å². The zero-order valence-corrected chi connectivity index (χ0v) is 27.8. The molecule has 6 nitrogen and oxygen atoms in total. The van der Waals surface area contributed by atoms with Gasteiger partial charge in [-0.05, 0) is 116 Å². The van der Waals surface area contributed by atoms with Gasteiger partial charge in [0.2, 0.25) is 0 Å². The van der Waals surface area contributed by atoms with Crippen molar-refractivity contribution in [2.75, 3.05) is 0 Å². The number of hydrogen-bond acceptors (Lipinski definition) is 6. The molecule has 0 radical (unpaired) electrons. The number of Topliss-reactive ketones (excluding diaryl/α,β-unsaturated/α-hetero) is 3. The first-order valence-electron chi connectivity index (χ1n) is 15.5. The Morgan fingerprint density at radius 1 is 0.977 bits per heavy atom. The molecule has 4 atom stereocenters. The van der Waals surface area contributed by atoms with Gasteiger partial charge in [-0.2, -0.15) is 0 Å². The molecule has 0 amide bonds. The Morgan fingerprint density at radius 3 is 2.11 bits per heavy atom. The maximum atomic E-state index is 15.2. The number of hydrogen-bond donors (Lipinski definition) is 3. The van der Waals surface area contributed by atoms with Crippen LogP contribution in [0.4, 0.5) is 0 Å². The topological polar surface area (TPSA) is 112 Å². The summed E-state index contributed by atoms with van der Waals surface area (Å²) in [7, 11) is 0. The highest BCUT2D eigenvalue weighted by Crippen LogP contribution is 2.67. The highest BCUT2D eigenvalue weighted by Gasteiger charge is 2.72. The largest absolute Gasteiger partial charge is 0.510 e. The second-order valence-electron chi connectivity index (χ2n) is 14.3. The fourth-order valence-corrected chi connectivity index (χ4v) is 7.20. The highest BCUT2D eigenvalue weighted by molar-refractivity contribution is 6.35. The van der Waals surface area contributed by atoms with Crippen LogP contribution in [0.5, 0.6) is 11.5 Å². The molecule has 44 heavy (non-hydrogen) atoms. The molecule has 0 aromatic heterocycles. The van der Waals surface area contributed by atoms with E-state index in [-0.39, 0.29) is 42.4 Å². The summed E-state index contributed by atoms with van der Waals surface area (Å²) < 4.78 is 0. The number of phenolic OH excluding ortho intramolecular Hbond substituents is 2. The molecule has 0 spiro atoms. The van der Waals surface area contributed by atoms with Gasteiger partial charge in [0.25, 0.3) is 0 Å². The Kier molecular flexibility index (Phi) is 10.1. The first kappa shape index (κ1) is 34.8. The van der Waals surface area contributed by atoms with Crippen molar-refractivity contribution >= 4 is 17.3 Å². The van der Waals surface area contributed by atoms with Crippen molar-refractivity contribution in [1.82, 2.24) is 0 Å². The first-order chi connectivity index (χ1) is 20.3. The number of aliphatic hydroxyl groups is 1. The third-order valence-corrected chi connectivity index (χ3v) is 10.1. The summed E-state index contributed by atoms with van der Waals surface area (Å²) in [6, 6.07) is 3.56. The first-order valence-corrected chi connectivity index (χ1v) is 15.5. The highest BCUT2D eigenvalue weighted by atomic mass is 16.3. The molecule has 2 aliphatic rings. The van der Waals surface area contributed by atoms with E-state index in [4.69, 9.17) is 0 Å². The average Bonchev–Trinajstić information content (AvgIpc) is 2.91. The predicted octanol–water partition coefficient (Wildman–Crippen LogP) is 8.91. The van der Waals surface area contributed by atoms with E-state index in [0.717, 1.165) is 28.4 Å². The molecule has 3 rings (SSSR count). The number of carbonyl (C=O) groups excluding carboxylic acids is 3. The van der Waals surface area contributed by atoms with Crippen LogP contribution < -0.4 is 0 Å². The molecule has 1 aromatic carbocycles. The Labute approximate surface area is 263 Å². The number of benzene rings is 1. The molecule has 4 unspecified atom stereocenters. The van der Waals surface area contributed by atoms with Crippen molar-refractivity contribution in [2.45, 2.75) is 93.9 Å². The van der Waals surface area contributed by atoms with Gasteiger partial charge in [0.1, 0.15) is 16.7 Å². The molecule has 0 heterocycles. The van der Waals surface area contributed by atoms with Crippen LogP contribution in [0.2, 0.25) is 0 Å². The van der Waals surface area contributed by atoms with Crippen LogP contribution in [-0.2, 0) is 9.59 Å². The van der Waals surface area contributed by atoms with Crippen molar-refractivity contribution in [2.24, 2.45) is 28.1 Å². The number of allylic oxidation sites excluding steroid dienone is 8. The molecule has 2 bridgehead atoms. The van der Waals surface area contributed by atoms with E-state index < -0.39 is 50.6 Å². The summed E-state index contributed by atoms with van der Waals surface area (Å²) in [5, 5.41) is 32.3. The number of aromatic hydroxyl groups is 2. The minimum atomic E-state index is -1.62. The molecule has 1 aromatic rings. The fraction of sp³-hybridized carbons (Fsp3) is 0.500. The summed E-state index contributed by atoms with van der Waals surface area (Å²) in [6.45, 7) is 23.9. The Morgan fingerprint density at radius 2 is 1.59 bits per heavy atom. The van der Waals surface area contributed by atoms with Crippen molar-refractivity contribution in [3.63, 3.8) is 0 Å². The van der Waals surface area contributed by atoms with E-state index in [1.165, 1.54) is 12.1 Å².